The Bertz CT molecular complexity index is 534. The van der Waals surface area contributed by atoms with Crippen molar-refractivity contribution in [2.24, 2.45) is 5.73 Å². The van der Waals surface area contributed by atoms with E-state index in [9.17, 15) is 18.0 Å². The molecule has 0 atom stereocenters. The average molecular weight is 300 g/mol. The van der Waals surface area contributed by atoms with E-state index >= 15 is 0 Å². The Morgan fingerprint density at radius 1 is 1.24 bits per heavy atom. The first-order chi connectivity index (χ1) is 9.72. The molecule has 0 radical (unpaired) electrons. The summed E-state index contributed by atoms with van der Waals surface area (Å²) < 4.78 is 38.2. The lowest BCUT2D eigenvalue weighted by Crippen LogP contribution is -2.52. The van der Waals surface area contributed by atoms with Gasteiger partial charge in [-0.3, -0.25) is 4.79 Å². The summed E-state index contributed by atoms with van der Waals surface area (Å²) in [5.74, 6) is -0.398. The number of aryl methyl sites for hydroxylation is 1. The van der Waals surface area contributed by atoms with Crippen LogP contribution in [0.3, 0.4) is 0 Å². The molecule has 0 unspecified atom stereocenters. The average Bonchev–Trinajstić information content (AvgIpc) is 2.40. The number of rotatable bonds is 2. The van der Waals surface area contributed by atoms with Gasteiger partial charge in [0.05, 0.1) is 11.1 Å². The maximum absolute atomic E-state index is 12.7. The molecule has 6 heteroatoms. The molecule has 1 aliphatic rings. The summed E-state index contributed by atoms with van der Waals surface area (Å²) in [6.07, 6.45) is -0.530. The fraction of sp³-hybridized carbons (Fsp3) is 0.533. The molecule has 116 valence electrons. The van der Waals surface area contributed by atoms with Gasteiger partial charge in [-0.25, -0.2) is 0 Å². The minimum absolute atomic E-state index is 0.172. The van der Waals surface area contributed by atoms with Crippen LogP contribution in [0.2, 0.25) is 0 Å². The van der Waals surface area contributed by atoms with Gasteiger partial charge < -0.3 is 11.1 Å². The topological polar surface area (TPSA) is 55.1 Å². The SMILES string of the molecule is Cc1ccc(C(F)(F)F)cc1NC(=O)C1(N)CCCCC1. The summed E-state index contributed by atoms with van der Waals surface area (Å²) in [5, 5.41) is 2.57. The molecule has 1 aliphatic carbocycles. The largest absolute Gasteiger partial charge is 0.416 e. The van der Waals surface area contributed by atoms with Crippen molar-refractivity contribution >= 4 is 11.6 Å². The minimum Gasteiger partial charge on any atom is -0.324 e. The van der Waals surface area contributed by atoms with Gasteiger partial charge in [0.2, 0.25) is 5.91 Å². The maximum atomic E-state index is 12.7. The highest BCUT2D eigenvalue weighted by Crippen LogP contribution is 2.33. The lowest BCUT2D eigenvalue weighted by molar-refractivity contribution is -0.137. The third-order valence-corrected chi connectivity index (χ3v) is 4.01. The summed E-state index contributed by atoms with van der Waals surface area (Å²) in [6, 6.07) is 3.31. The first kappa shape index (κ1) is 15.8. The molecule has 0 spiro atoms. The molecule has 0 heterocycles. The fourth-order valence-electron chi connectivity index (χ4n) is 2.59. The molecule has 2 rings (SSSR count). The second-order valence-electron chi connectivity index (χ2n) is 5.70. The normalized spacial score (nSPS) is 18.3. The fourth-order valence-corrected chi connectivity index (χ4v) is 2.59. The van der Waals surface area contributed by atoms with Gasteiger partial charge in [0.25, 0.3) is 0 Å². The van der Waals surface area contributed by atoms with Crippen molar-refractivity contribution in [1.82, 2.24) is 0 Å². The van der Waals surface area contributed by atoms with Gasteiger partial charge in [0.1, 0.15) is 0 Å². The van der Waals surface area contributed by atoms with Crippen LogP contribution in [0, 0.1) is 6.92 Å². The number of nitrogens with one attached hydrogen (secondary N) is 1. The van der Waals surface area contributed by atoms with Crippen LogP contribution in [0.25, 0.3) is 0 Å². The van der Waals surface area contributed by atoms with Crippen molar-refractivity contribution in [3.05, 3.63) is 29.3 Å². The molecule has 21 heavy (non-hydrogen) atoms. The quantitative estimate of drug-likeness (QED) is 0.876. The van der Waals surface area contributed by atoms with Gasteiger partial charge in [-0.15, -0.1) is 0 Å². The van der Waals surface area contributed by atoms with E-state index in [0.29, 0.717) is 18.4 Å². The van der Waals surface area contributed by atoms with Crippen LogP contribution in [0.1, 0.15) is 43.2 Å². The van der Waals surface area contributed by atoms with E-state index in [1.165, 1.54) is 6.07 Å². The zero-order valence-corrected chi connectivity index (χ0v) is 11.9. The third-order valence-electron chi connectivity index (χ3n) is 4.01. The van der Waals surface area contributed by atoms with Gasteiger partial charge in [-0.1, -0.05) is 25.3 Å². The number of anilines is 1. The van der Waals surface area contributed by atoms with Crippen molar-refractivity contribution in [3.8, 4) is 0 Å². The van der Waals surface area contributed by atoms with Crippen LogP contribution in [-0.2, 0) is 11.0 Å². The molecular formula is C15H19F3N2O. The first-order valence-electron chi connectivity index (χ1n) is 7.00. The van der Waals surface area contributed by atoms with Gasteiger partial charge in [-0.2, -0.15) is 13.2 Å². The Morgan fingerprint density at radius 3 is 2.43 bits per heavy atom. The Kier molecular flexibility index (Phi) is 4.27. The van der Waals surface area contributed by atoms with Crippen molar-refractivity contribution in [1.29, 1.82) is 0 Å². The van der Waals surface area contributed by atoms with Crippen LogP contribution in [-0.4, -0.2) is 11.4 Å². The van der Waals surface area contributed by atoms with Crippen LogP contribution in [0.15, 0.2) is 18.2 Å². The number of halogens is 3. The van der Waals surface area contributed by atoms with Crippen LogP contribution in [0.5, 0.6) is 0 Å². The molecule has 1 fully saturated rings. The number of amides is 1. The molecule has 3 nitrogen and oxygen atoms in total. The lowest BCUT2D eigenvalue weighted by Gasteiger charge is -2.32. The predicted molar refractivity (Wildman–Crippen MR) is 74.8 cm³/mol. The number of carbonyl (C=O) groups is 1. The summed E-state index contributed by atoms with van der Waals surface area (Å²) in [4.78, 5) is 12.3. The van der Waals surface area contributed by atoms with Crippen molar-refractivity contribution in [2.45, 2.75) is 50.7 Å². The monoisotopic (exact) mass is 300 g/mol. The highest BCUT2D eigenvalue weighted by Gasteiger charge is 2.36. The Labute approximate surface area is 121 Å². The van der Waals surface area contributed by atoms with Crippen molar-refractivity contribution in [3.63, 3.8) is 0 Å². The van der Waals surface area contributed by atoms with Gasteiger partial charge in [0, 0.05) is 5.69 Å². The highest BCUT2D eigenvalue weighted by molar-refractivity contribution is 5.98. The molecule has 1 aromatic rings. The van der Waals surface area contributed by atoms with Gasteiger partial charge >= 0.3 is 6.18 Å². The van der Waals surface area contributed by atoms with E-state index in [2.05, 4.69) is 5.32 Å². The molecule has 0 aliphatic heterocycles. The van der Waals surface area contributed by atoms with Gasteiger partial charge in [0.15, 0.2) is 0 Å². The Morgan fingerprint density at radius 2 is 1.86 bits per heavy atom. The smallest absolute Gasteiger partial charge is 0.324 e. The van der Waals surface area contributed by atoms with Gasteiger partial charge in [-0.05, 0) is 37.5 Å². The Balaban J connectivity index is 2.20. The molecule has 0 aromatic heterocycles. The number of nitrogens with two attached hydrogens (primary N) is 1. The second-order valence-corrected chi connectivity index (χ2v) is 5.70. The summed E-state index contributed by atoms with van der Waals surface area (Å²) >= 11 is 0. The molecule has 1 aromatic carbocycles. The zero-order chi connectivity index (χ0) is 15.7. The van der Waals surface area contributed by atoms with E-state index in [1.807, 2.05) is 0 Å². The molecular weight excluding hydrogens is 281 g/mol. The zero-order valence-electron chi connectivity index (χ0n) is 11.9. The molecule has 1 saturated carbocycles. The van der Waals surface area contributed by atoms with E-state index in [0.717, 1.165) is 31.4 Å². The lowest BCUT2D eigenvalue weighted by atomic mass is 9.82. The number of alkyl halides is 3. The van der Waals surface area contributed by atoms with E-state index < -0.39 is 23.2 Å². The van der Waals surface area contributed by atoms with Crippen LogP contribution >= 0.6 is 0 Å². The first-order valence-corrected chi connectivity index (χ1v) is 7.00. The maximum Gasteiger partial charge on any atom is 0.416 e. The van der Waals surface area contributed by atoms with E-state index in [1.54, 1.807) is 6.92 Å². The highest BCUT2D eigenvalue weighted by atomic mass is 19.4. The van der Waals surface area contributed by atoms with Crippen molar-refractivity contribution in [2.75, 3.05) is 5.32 Å². The number of benzene rings is 1. The molecule has 1 amide bonds. The van der Waals surface area contributed by atoms with E-state index in [-0.39, 0.29) is 5.69 Å². The third kappa shape index (κ3) is 3.56. The minimum atomic E-state index is -4.43. The standard InChI is InChI=1S/C15H19F3N2O/c1-10-5-6-11(15(16,17)18)9-12(10)20-13(21)14(19)7-3-2-4-8-14/h5-6,9H,2-4,7-8,19H2,1H3,(H,20,21). The molecule has 0 saturated heterocycles. The second kappa shape index (κ2) is 5.67. The molecule has 3 N–H and O–H groups in total. The molecule has 0 bridgehead atoms. The number of hydrogen-bond acceptors (Lipinski definition) is 2. The van der Waals surface area contributed by atoms with E-state index in [4.69, 9.17) is 5.73 Å². The summed E-state index contributed by atoms with van der Waals surface area (Å²) in [6.45, 7) is 1.65. The van der Waals surface area contributed by atoms with Crippen LogP contribution in [0.4, 0.5) is 18.9 Å². The number of hydrogen-bond donors (Lipinski definition) is 2. The number of carbonyl (C=O) groups excluding carboxylic acids is 1. The van der Waals surface area contributed by atoms with Crippen LogP contribution < -0.4 is 11.1 Å². The Hall–Kier alpha value is -1.56. The summed E-state index contributed by atoms with van der Waals surface area (Å²) in [5.41, 5.74) is 5.09. The predicted octanol–water partition coefficient (Wildman–Crippen LogP) is 3.61. The summed E-state index contributed by atoms with van der Waals surface area (Å²) in [7, 11) is 0. The van der Waals surface area contributed by atoms with Crippen molar-refractivity contribution < 1.29 is 18.0 Å².